The number of aryl methyl sites for hydroxylation is 2. The maximum Gasteiger partial charge on any atom is 0.162 e. The zero-order chi connectivity index (χ0) is 15.2. The van der Waals surface area contributed by atoms with Crippen LogP contribution in [0.15, 0.2) is 23.0 Å². The Hall–Kier alpha value is -1.68. The summed E-state index contributed by atoms with van der Waals surface area (Å²) in [4.78, 5) is 9.27. The Morgan fingerprint density at radius 3 is 2.52 bits per heavy atom. The monoisotopic (exact) mass is 287 g/mol. The van der Waals surface area contributed by atoms with Crippen LogP contribution in [0, 0.1) is 19.8 Å². The van der Waals surface area contributed by atoms with E-state index in [0.29, 0.717) is 5.92 Å². The molecule has 114 valence electrons. The maximum absolute atomic E-state index is 5.11. The Morgan fingerprint density at radius 2 is 1.95 bits per heavy atom. The van der Waals surface area contributed by atoms with Gasteiger partial charge in [-0.15, -0.1) is 0 Å². The molecule has 2 rings (SSSR count). The molecule has 0 radical (unpaired) electrons. The van der Waals surface area contributed by atoms with E-state index >= 15 is 0 Å². The van der Waals surface area contributed by atoms with E-state index in [9.17, 15) is 0 Å². The van der Waals surface area contributed by atoms with Crippen molar-refractivity contribution in [1.29, 1.82) is 0 Å². The molecule has 0 aromatic carbocycles. The molecule has 0 aliphatic rings. The molecule has 2 heterocycles. The van der Waals surface area contributed by atoms with E-state index in [2.05, 4.69) is 43.0 Å². The van der Waals surface area contributed by atoms with Gasteiger partial charge < -0.3 is 9.73 Å². The van der Waals surface area contributed by atoms with E-state index in [1.807, 2.05) is 6.07 Å². The van der Waals surface area contributed by atoms with Gasteiger partial charge in [0.1, 0.15) is 6.26 Å². The normalized spacial score (nSPS) is 12.6. The molecule has 0 aliphatic heterocycles. The Kier molecular flexibility index (Phi) is 5.51. The van der Waals surface area contributed by atoms with Crippen LogP contribution in [0.4, 0.5) is 0 Å². The molecule has 0 aliphatic carbocycles. The fraction of sp³-hybridized carbons (Fsp3) is 0.529. The molecular weight excluding hydrogens is 262 g/mol. The van der Waals surface area contributed by atoms with E-state index in [1.165, 1.54) is 12.0 Å². The summed E-state index contributed by atoms with van der Waals surface area (Å²) >= 11 is 0. The highest BCUT2D eigenvalue weighted by atomic mass is 16.3. The van der Waals surface area contributed by atoms with Gasteiger partial charge in [0.05, 0.1) is 11.8 Å². The second-order valence-corrected chi connectivity index (χ2v) is 5.72. The van der Waals surface area contributed by atoms with Crippen molar-refractivity contribution in [3.8, 4) is 11.4 Å². The van der Waals surface area contributed by atoms with Crippen LogP contribution in [0.1, 0.15) is 37.2 Å². The van der Waals surface area contributed by atoms with Gasteiger partial charge in [-0.2, -0.15) is 0 Å². The summed E-state index contributed by atoms with van der Waals surface area (Å²) in [6, 6.07) is 1.89. The van der Waals surface area contributed by atoms with Crippen LogP contribution >= 0.6 is 0 Å². The first-order valence-corrected chi connectivity index (χ1v) is 7.69. The third-order valence-electron chi connectivity index (χ3n) is 3.67. The summed E-state index contributed by atoms with van der Waals surface area (Å²) in [7, 11) is 0. The summed E-state index contributed by atoms with van der Waals surface area (Å²) in [6.45, 7) is 10.7. The standard InChI is InChI=1S/C17H25N3O/c1-5-7-18-10-12(2)9-16-13(3)19-17(20-14(16)4)15-6-8-21-11-15/h6,8,11-12,18H,5,7,9-10H2,1-4H3. The zero-order valence-corrected chi connectivity index (χ0v) is 13.4. The molecule has 0 saturated carbocycles. The topological polar surface area (TPSA) is 51.0 Å². The molecule has 2 aromatic heterocycles. The fourth-order valence-electron chi connectivity index (χ4n) is 2.50. The van der Waals surface area contributed by atoms with Gasteiger partial charge in [0.25, 0.3) is 0 Å². The van der Waals surface area contributed by atoms with E-state index < -0.39 is 0 Å². The first-order chi connectivity index (χ1) is 10.1. The van der Waals surface area contributed by atoms with Crippen molar-refractivity contribution < 1.29 is 4.42 Å². The van der Waals surface area contributed by atoms with Crippen molar-refractivity contribution in [2.24, 2.45) is 5.92 Å². The average Bonchev–Trinajstić information content (AvgIpc) is 2.97. The minimum absolute atomic E-state index is 0.581. The molecular formula is C17H25N3O. The second kappa shape index (κ2) is 7.36. The molecule has 0 amide bonds. The van der Waals surface area contributed by atoms with Crippen LogP contribution in [-0.4, -0.2) is 23.1 Å². The largest absolute Gasteiger partial charge is 0.472 e. The molecule has 4 heteroatoms. The molecule has 21 heavy (non-hydrogen) atoms. The van der Waals surface area contributed by atoms with Gasteiger partial charge in [-0.25, -0.2) is 9.97 Å². The van der Waals surface area contributed by atoms with Crippen LogP contribution in [0.25, 0.3) is 11.4 Å². The number of hydrogen-bond acceptors (Lipinski definition) is 4. The van der Waals surface area contributed by atoms with Crippen molar-refractivity contribution in [1.82, 2.24) is 15.3 Å². The minimum atomic E-state index is 0.581. The second-order valence-electron chi connectivity index (χ2n) is 5.72. The smallest absolute Gasteiger partial charge is 0.162 e. The number of furan rings is 1. The first-order valence-electron chi connectivity index (χ1n) is 7.69. The summed E-state index contributed by atoms with van der Waals surface area (Å²) in [5, 5.41) is 3.47. The van der Waals surface area contributed by atoms with Crippen molar-refractivity contribution in [3.05, 3.63) is 35.5 Å². The lowest BCUT2D eigenvalue weighted by molar-refractivity contribution is 0.507. The summed E-state index contributed by atoms with van der Waals surface area (Å²) in [5.41, 5.74) is 4.35. The molecule has 1 N–H and O–H groups in total. The Bertz CT molecular complexity index is 540. The summed E-state index contributed by atoms with van der Waals surface area (Å²) in [6.07, 6.45) is 5.53. The van der Waals surface area contributed by atoms with Crippen LogP contribution in [0.3, 0.4) is 0 Å². The van der Waals surface area contributed by atoms with Crippen LogP contribution < -0.4 is 5.32 Å². The van der Waals surface area contributed by atoms with Gasteiger partial charge >= 0.3 is 0 Å². The first kappa shape index (κ1) is 15.7. The predicted molar refractivity (Wildman–Crippen MR) is 85.2 cm³/mol. The van der Waals surface area contributed by atoms with Gasteiger partial charge in [-0.1, -0.05) is 13.8 Å². The van der Waals surface area contributed by atoms with E-state index in [4.69, 9.17) is 4.42 Å². The highest BCUT2D eigenvalue weighted by molar-refractivity contribution is 5.53. The number of nitrogens with one attached hydrogen (secondary N) is 1. The minimum Gasteiger partial charge on any atom is -0.472 e. The maximum atomic E-state index is 5.11. The van der Waals surface area contributed by atoms with Crippen molar-refractivity contribution >= 4 is 0 Å². The Labute approximate surface area is 127 Å². The summed E-state index contributed by atoms with van der Waals surface area (Å²) < 4.78 is 5.11. The number of nitrogens with zero attached hydrogens (tertiary/aromatic N) is 2. The molecule has 4 nitrogen and oxygen atoms in total. The number of aromatic nitrogens is 2. The Morgan fingerprint density at radius 1 is 1.24 bits per heavy atom. The highest BCUT2D eigenvalue weighted by Crippen LogP contribution is 2.21. The molecule has 0 fully saturated rings. The van der Waals surface area contributed by atoms with E-state index in [-0.39, 0.29) is 0 Å². The van der Waals surface area contributed by atoms with Gasteiger partial charge in [0.15, 0.2) is 5.82 Å². The molecule has 2 aromatic rings. The van der Waals surface area contributed by atoms with Gasteiger partial charge in [-0.3, -0.25) is 0 Å². The fourth-order valence-corrected chi connectivity index (χ4v) is 2.50. The van der Waals surface area contributed by atoms with Gasteiger partial charge in [-0.05, 0) is 57.3 Å². The van der Waals surface area contributed by atoms with E-state index in [1.54, 1.807) is 12.5 Å². The quantitative estimate of drug-likeness (QED) is 0.791. The van der Waals surface area contributed by atoms with Crippen molar-refractivity contribution in [2.45, 2.75) is 40.5 Å². The van der Waals surface area contributed by atoms with Crippen molar-refractivity contribution in [3.63, 3.8) is 0 Å². The predicted octanol–water partition coefficient (Wildman–Crippen LogP) is 3.53. The summed E-state index contributed by atoms with van der Waals surface area (Å²) in [5.74, 6) is 1.33. The third kappa shape index (κ3) is 4.14. The molecule has 0 bridgehead atoms. The average molecular weight is 287 g/mol. The molecule has 1 atom stereocenters. The molecule has 1 unspecified atom stereocenters. The van der Waals surface area contributed by atoms with Crippen LogP contribution in [0.2, 0.25) is 0 Å². The number of rotatable bonds is 7. The number of hydrogen-bond donors (Lipinski definition) is 1. The molecule has 0 saturated heterocycles. The van der Waals surface area contributed by atoms with Gasteiger partial charge in [0, 0.05) is 11.4 Å². The zero-order valence-electron chi connectivity index (χ0n) is 13.4. The Balaban J connectivity index is 2.10. The lowest BCUT2D eigenvalue weighted by atomic mass is 9.98. The van der Waals surface area contributed by atoms with E-state index in [0.717, 1.165) is 42.3 Å². The molecule has 0 spiro atoms. The van der Waals surface area contributed by atoms with Crippen LogP contribution in [0.5, 0.6) is 0 Å². The van der Waals surface area contributed by atoms with Crippen molar-refractivity contribution in [2.75, 3.05) is 13.1 Å². The van der Waals surface area contributed by atoms with Gasteiger partial charge in [0.2, 0.25) is 0 Å². The SMILES string of the molecule is CCCNCC(C)Cc1c(C)nc(-c2ccoc2)nc1C. The highest BCUT2D eigenvalue weighted by Gasteiger charge is 2.13. The van der Waals surface area contributed by atoms with Crippen LogP contribution in [-0.2, 0) is 6.42 Å². The lowest BCUT2D eigenvalue weighted by Crippen LogP contribution is -2.23. The lowest BCUT2D eigenvalue weighted by Gasteiger charge is -2.16. The third-order valence-corrected chi connectivity index (χ3v) is 3.67.